The molecule has 1 aliphatic rings. The molecule has 0 unspecified atom stereocenters. The Morgan fingerprint density at radius 2 is 1.50 bits per heavy atom. The average Bonchev–Trinajstić information content (AvgIpc) is 2.80. The van der Waals surface area contributed by atoms with Gasteiger partial charge in [0.2, 0.25) is 5.91 Å². The predicted octanol–water partition coefficient (Wildman–Crippen LogP) is 2.15. The number of guanidine groups is 1. The third-order valence-electron chi connectivity index (χ3n) is 5.64. The Balaban J connectivity index is 1.49. The van der Waals surface area contributed by atoms with Crippen molar-refractivity contribution in [1.82, 2.24) is 20.4 Å². The third-order valence-corrected chi connectivity index (χ3v) is 5.64. The zero-order valence-corrected chi connectivity index (χ0v) is 18.1. The topological polar surface area (TPSA) is 60.0 Å². The molecule has 0 atom stereocenters. The Morgan fingerprint density at radius 1 is 0.933 bits per heavy atom. The van der Waals surface area contributed by atoms with Gasteiger partial charge in [-0.15, -0.1) is 0 Å². The van der Waals surface area contributed by atoms with Gasteiger partial charge in [0.15, 0.2) is 5.96 Å². The molecule has 0 saturated carbocycles. The Morgan fingerprint density at radius 3 is 2.00 bits per heavy atom. The number of hydrogen-bond acceptors (Lipinski definition) is 3. The molecule has 0 radical (unpaired) electrons. The van der Waals surface area contributed by atoms with E-state index in [2.05, 4.69) is 81.2 Å². The van der Waals surface area contributed by atoms with E-state index in [0.717, 1.165) is 51.8 Å². The zero-order valence-electron chi connectivity index (χ0n) is 18.1. The highest BCUT2D eigenvalue weighted by Crippen LogP contribution is 2.23. The van der Waals surface area contributed by atoms with E-state index in [0.29, 0.717) is 0 Å². The summed E-state index contributed by atoms with van der Waals surface area (Å²) in [6.45, 7) is 7.66. The van der Waals surface area contributed by atoms with Crippen LogP contribution >= 0.6 is 0 Å². The highest BCUT2D eigenvalue weighted by Gasteiger charge is 2.18. The minimum Gasteiger partial charge on any atom is -0.355 e. The van der Waals surface area contributed by atoms with Crippen molar-refractivity contribution in [2.24, 2.45) is 4.99 Å². The lowest BCUT2D eigenvalue weighted by Gasteiger charge is -2.34. The van der Waals surface area contributed by atoms with Crippen LogP contribution in [-0.4, -0.2) is 74.5 Å². The number of carbonyl (C=O) groups excluding carboxylic acids is 1. The molecule has 0 aromatic heterocycles. The van der Waals surface area contributed by atoms with E-state index in [4.69, 9.17) is 0 Å². The van der Waals surface area contributed by atoms with Crippen molar-refractivity contribution in [3.05, 3.63) is 71.8 Å². The van der Waals surface area contributed by atoms with Crippen LogP contribution in [0.2, 0.25) is 0 Å². The summed E-state index contributed by atoms with van der Waals surface area (Å²) in [4.78, 5) is 20.1. The summed E-state index contributed by atoms with van der Waals surface area (Å²) in [7, 11) is 1.81. The first kappa shape index (κ1) is 21.8. The van der Waals surface area contributed by atoms with Gasteiger partial charge in [-0.1, -0.05) is 60.7 Å². The van der Waals surface area contributed by atoms with Gasteiger partial charge in [0.25, 0.3) is 0 Å². The summed E-state index contributed by atoms with van der Waals surface area (Å²) in [6, 6.07) is 21.2. The number of piperazine rings is 1. The number of rotatable bonds is 7. The molecule has 2 aromatic rings. The minimum absolute atomic E-state index is 0.170. The molecule has 0 bridgehead atoms. The van der Waals surface area contributed by atoms with Crippen LogP contribution in [0.15, 0.2) is 65.7 Å². The van der Waals surface area contributed by atoms with Crippen LogP contribution in [0.5, 0.6) is 0 Å². The molecule has 2 aromatic carbocycles. The molecular formula is C24H33N5O. The van der Waals surface area contributed by atoms with Crippen LogP contribution in [0, 0.1) is 0 Å². The standard InChI is InChI=1S/C24H33N5O/c1-20(30)29-17-15-28(16-18-29)14-13-26-24(25-2)27-19-23(21-9-5-3-6-10-21)22-11-7-4-8-12-22/h3-12,23H,13-19H2,1-2H3,(H2,25,26,27). The van der Waals surface area contributed by atoms with Crippen molar-refractivity contribution in [3.8, 4) is 0 Å². The summed E-state index contributed by atoms with van der Waals surface area (Å²) in [5.74, 6) is 1.24. The maximum Gasteiger partial charge on any atom is 0.219 e. The van der Waals surface area contributed by atoms with E-state index in [1.165, 1.54) is 11.1 Å². The van der Waals surface area contributed by atoms with Gasteiger partial charge in [-0.05, 0) is 11.1 Å². The fourth-order valence-electron chi connectivity index (χ4n) is 3.84. The van der Waals surface area contributed by atoms with Gasteiger partial charge in [0, 0.05) is 65.7 Å². The maximum absolute atomic E-state index is 11.5. The summed E-state index contributed by atoms with van der Waals surface area (Å²) in [5.41, 5.74) is 2.57. The molecule has 1 amide bonds. The Hall–Kier alpha value is -2.86. The molecule has 1 fully saturated rings. The molecule has 30 heavy (non-hydrogen) atoms. The second-order valence-corrected chi connectivity index (χ2v) is 7.60. The molecule has 6 heteroatoms. The summed E-state index contributed by atoms with van der Waals surface area (Å²) in [5, 5.41) is 6.92. The van der Waals surface area contributed by atoms with Gasteiger partial charge in [-0.25, -0.2) is 0 Å². The molecule has 160 valence electrons. The molecular weight excluding hydrogens is 374 g/mol. The normalized spacial score (nSPS) is 15.3. The molecule has 1 heterocycles. The quantitative estimate of drug-likeness (QED) is 0.545. The minimum atomic E-state index is 0.170. The lowest BCUT2D eigenvalue weighted by Crippen LogP contribution is -2.50. The number of nitrogens with zero attached hydrogens (tertiary/aromatic N) is 3. The number of carbonyl (C=O) groups is 1. The maximum atomic E-state index is 11.5. The highest BCUT2D eigenvalue weighted by molar-refractivity contribution is 5.79. The number of benzene rings is 2. The van der Waals surface area contributed by atoms with E-state index in [9.17, 15) is 4.79 Å². The van der Waals surface area contributed by atoms with E-state index in [-0.39, 0.29) is 11.8 Å². The van der Waals surface area contributed by atoms with Crippen molar-refractivity contribution in [3.63, 3.8) is 0 Å². The smallest absolute Gasteiger partial charge is 0.219 e. The summed E-state index contributed by atoms with van der Waals surface area (Å²) >= 11 is 0. The van der Waals surface area contributed by atoms with Crippen LogP contribution in [0.1, 0.15) is 24.0 Å². The van der Waals surface area contributed by atoms with Gasteiger partial charge in [-0.3, -0.25) is 14.7 Å². The summed E-state index contributed by atoms with van der Waals surface area (Å²) in [6.07, 6.45) is 0. The number of amides is 1. The van der Waals surface area contributed by atoms with Crippen molar-refractivity contribution in [1.29, 1.82) is 0 Å². The number of hydrogen-bond donors (Lipinski definition) is 2. The first-order valence-electron chi connectivity index (χ1n) is 10.7. The van der Waals surface area contributed by atoms with Gasteiger partial charge < -0.3 is 15.5 Å². The van der Waals surface area contributed by atoms with Crippen LogP contribution in [0.3, 0.4) is 0 Å². The van der Waals surface area contributed by atoms with Gasteiger partial charge in [0.1, 0.15) is 0 Å². The fourth-order valence-corrected chi connectivity index (χ4v) is 3.84. The van der Waals surface area contributed by atoms with E-state index in [1.54, 1.807) is 14.0 Å². The van der Waals surface area contributed by atoms with Crippen molar-refractivity contribution in [2.75, 3.05) is 52.9 Å². The Labute approximate surface area is 180 Å². The second-order valence-electron chi connectivity index (χ2n) is 7.60. The van der Waals surface area contributed by atoms with Crippen LogP contribution in [-0.2, 0) is 4.79 Å². The first-order valence-corrected chi connectivity index (χ1v) is 10.7. The number of aliphatic imine (C=N–C) groups is 1. The first-order chi connectivity index (χ1) is 14.7. The van der Waals surface area contributed by atoms with Crippen molar-refractivity contribution in [2.45, 2.75) is 12.8 Å². The highest BCUT2D eigenvalue weighted by atomic mass is 16.2. The van der Waals surface area contributed by atoms with E-state index in [1.807, 2.05) is 4.90 Å². The Kier molecular flexibility index (Phi) is 8.27. The van der Waals surface area contributed by atoms with Gasteiger partial charge in [-0.2, -0.15) is 0 Å². The largest absolute Gasteiger partial charge is 0.355 e. The molecule has 1 saturated heterocycles. The fraction of sp³-hybridized carbons (Fsp3) is 0.417. The number of nitrogens with one attached hydrogen (secondary N) is 2. The molecule has 0 aliphatic carbocycles. The molecule has 1 aliphatic heterocycles. The molecule has 6 nitrogen and oxygen atoms in total. The molecule has 2 N–H and O–H groups in total. The van der Waals surface area contributed by atoms with E-state index < -0.39 is 0 Å². The summed E-state index contributed by atoms with van der Waals surface area (Å²) < 4.78 is 0. The van der Waals surface area contributed by atoms with Gasteiger partial charge in [0.05, 0.1) is 0 Å². The van der Waals surface area contributed by atoms with Crippen molar-refractivity contribution >= 4 is 11.9 Å². The van der Waals surface area contributed by atoms with Crippen molar-refractivity contribution < 1.29 is 4.79 Å². The molecule has 3 rings (SSSR count). The molecule has 0 spiro atoms. The van der Waals surface area contributed by atoms with Crippen LogP contribution in [0.4, 0.5) is 0 Å². The lowest BCUT2D eigenvalue weighted by atomic mass is 9.91. The third kappa shape index (κ3) is 6.32. The predicted molar refractivity (Wildman–Crippen MR) is 123 cm³/mol. The van der Waals surface area contributed by atoms with E-state index >= 15 is 0 Å². The monoisotopic (exact) mass is 407 g/mol. The SMILES string of the molecule is CN=C(NCCN1CCN(C(C)=O)CC1)NCC(c1ccccc1)c1ccccc1. The second kappa shape index (κ2) is 11.4. The average molecular weight is 408 g/mol. The van der Waals surface area contributed by atoms with Crippen LogP contribution < -0.4 is 10.6 Å². The Bertz CT molecular complexity index is 761. The van der Waals surface area contributed by atoms with Gasteiger partial charge >= 0.3 is 0 Å². The zero-order chi connectivity index (χ0) is 21.2. The lowest BCUT2D eigenvalue weighted by molar-refractivity contribution is -0.130. The van der Waals surface area contributed by atoms with Crippen LogP contribution in [0.25, 0.3) is 0 Å².